The van der Waals surface area contributed by atoms with Crippen LogP contribution in [0.25, 0.3) is 29.9 Å². The van der Waals surface area contributed by atoms with Crippen molar-refractivity contribution in [2.24, 2.45) is 35.5 Å². The summed E-state index contributed by atoms with van der Waals surface area (Å²) in [6.45, 7) is 24.3. The molecule has 1 unspecified atom stereocenters. The Kier molecular flexibility index (Phi) is 14.4. The lowest BCUT2D eigenvalue weighted by Crippen LogP contribution is -2.25. The minimum atomic E-state index is -1.13. The molecule has 0 saturated carbocycles. The Morgan fingerprint density at radius 3 is 2.13 bits per heavy atom. The van der Waals surface area contributed by atoms with Crippen molar-refractivity contribution in [3.05, 3.63) is 84.8 Å². The number of hydrogen-bond acceptors (Lipinski definition) is 6. The zero-order chi connectivity index (χ0) is 43.4. The van der Waals surface area contributed by atoms with Crippen LogP contribution >= 0.6 is 0 Å². The van der Waals surface area contributed by atoms with Gasteiger partial charge in [-0.05, 0) is 98.3 Å². The molecule has 1 saturated heterocycles. The minimum absolute atomic E-state index is 0.0739. The van der Waals surface area contributed by atoms with Crippen molar-refractivity contribution in [3.8, 4) is 0 Å². The van der Waals surface area contributed by atoms with Gasteiger partial charge in [0.05, 0.1) is 19.4 Å². The SMILES string of the molecule is C=Cc1c2[nH]c(c1C)/C=C1\N/C(=C3\c4[nH]c(c(C)c4C(=O)[C@@H]3C(=O)OC)/C=c3\[nH]/c(c(C)c3CC)=C\2)[C@@H](CCC(=O)OCCC(C)CCC[C@H](C)CCC[C@H](C)CC)[C@@H]1C. The van der Waals surface area contributed by atoms with E-state index in [0.29, 0.717) is 35.8 Å². The molecule has 2 aliphatic heterocycles. The number of aromatic amines is 3. The van der Waals surface area contributed by atoms with Crippen molar-refractivity contribution in [2.75, 3.05) is 13.7 Å². The second-order valence-electron chi connectivity index (χ2n) is 18.2. The summed E-state index contributed by atoms with van der Waals surface area (Å²) < 4.78 is 11.2. The fourth-order valence-electron chi connectivity index (χ4n) is 9.84. The molecule has 9 heteroatoms. The molecule has 324 valence electrons. The number of Topliss-reactive ketones (excluding diaryl/α,β-unsaturated/α-hetero) is 1. The van der Waals surface area contributed by atoms with Crippen LogP contribution in [0.5, 0.6) is 0 Å². The first-order valence-corrected chi connectivity index (χ1v) is 22.7. The van der Waals surface area contributed by atoms with Crippen molar-refractivity contribution in [3.63, 3.8) is 0 Å². The Labute approximate surface area is 357 Å². The summed E-state index contributed by atoms with van der Waals surface area (Å²) in [5, 5.41) is 5.67. The van der Waals surface area contributed by atoms with E-state index in [1.54, 1.807) is 0 Å². The maximum absolute atomic E-state index is 14.4. The van der Waals surface area contributed by atoms with Gasteiger partial charge in [0.15, 0.2) is 5.78 Å². The molecule has 0 aromatic carbocycles. The molecule has 60 heavy (non-hydrogen) atoms. The number of hydrogen-bond donors (Lipinski definition) is 4. The van der Waals surface area contributed by atoms with Gasteiger partial charge in [0.25, 0.3) is 0 Å². The summed E-state index contributed by atoms with van der Waals surface area (Å²) in [5.74, 6) is -0.460. The van der Waals surface area contributed by atoms with Crippen LogP contribution in [0, 0.1) is 56.3 Å². The van der Waals surface area contributed by atoms with Gasteiger partial charge in [-0.25, -0.2) is 0 Å². The number of ether oxygens (including phenoxy) is 2. The van der Waals surface area contributed by atoms with Gasteiger partial charge in [-0.2, -0.15) is 0 Å². The zero-order valence-corrected chi connectivity index (χ0v) is 38.0. The summed E-state index contributed by atoms with van der Waals surface area (Å²) in [7, 11) is 1.33. The molecule has 1 fully saturated rings. The molecule has 8 bridgehead atoms. The molecular weight excluding hydrogens is 749 g/mol. The van der Waals surface area contributed by atoms with Gasteiger partial charge in [-0.3, -0.25) is 14.4 Å². The smallest absolute Gasteiger partial charge is 0.321 e. The second-order valence-corrected chi connectivity index (χ2v) is 18.2. The Balaban J connectivity index is 1.28. The second kappa shape index (κ2) is 19.3. The van der Waals surface area contributed by atoms with E-state index in [1.165, 1.54) is 51.2 Å². The third-order valence-electron chi connectivity index (χ3n) is 14.1. The van der Waals surface area contributed by atoms with Crippen molar-refractivity contribution in [2.45, 2.75) is 133 Å². The molecule has 4 N–H and O–H groups in total. The average Bonchev–Trinajstić information content (AvgIpc) is 3.97. The number of carbonyl (C=O) groups excluding carboxylic acids is 3. The van der Waals surface area contributed by atoms with Crippen molar-refractivity contribution in [1.29, 1.82) is 0 Å². The third kappa shape index (κ3) is 9.11. The molecular formula is C51H70N4O5. The first kappa shape index (κ1) is 44.8. The van der Waals surface area contributed by atoms with Crippen LogP contribution in [0.1, 0.15) is 167 Å². The summed E-state index contributed by atoms with van der Waals surface area (Å²) in [6, 6.07) is 0. The summed E-state index contributed by atoms with van der Waals surface area (Å²) >= 11 is 0. The van der Waals surface area contributed by atoms with Gasteiger partial charge in [-0.15, -0.1) is 0 Å². The molecule has 3 aromatic heterocycles. The normalized spacial score (nSPS) is 22.8. The van der Waals surface area contributed by atoms with Gasteiger partial charge >= 0.3 is 11.9 Å². The largest absolute Gasteiger partial charge is 0.468 e. The van der Waals surface area contributed by atoms with E-state index in [2.05, 4.69) is 100 Å². The Morgan fingerprint density at radius 1 is 0.833 bits per heavy atom. The molecule has 9 nitrogen and oxygen atoms in total. The summed E-state index contributed by atoms with van der Waals surface area (Å²) in [4.78, 5) is 52.3. The maximum atomic E-state index is 14.4. The molecule has 3 aliphatic rings. The van der Waals surface area contributed by atoms with Crippen LogP contribution in [0.4, 0.5) is 0 Å². The third-order valence-corrected chi connectivity index (χ3v) is 14.1. The number of nitrogens with one attached hydrogen (secondary N) is 4. The van der Waals surface area contributed by atoms with E-state index in [0.717, 1.165) is 92.5 Å². The highest BCUT2D eigenvalue weighted by Crippen LogP contribution is 2.48. The molecule has 0 spiro atoms. The van der Waals surface area contributed by atoms with Gasteiger partial charge in [0.1, 0.15) is 5.92 Å². The minimum Gasteiger partial charge on any atom is -0.468 e. The first-order chi connectivity index (χ1) is 28.7. The summed E-state index contributed by atoms with van der Waals surface area (Å²) in [6.07, 6.45) is 19.4. The Hall–Kier alpha value is -4.79. The van der Waals surface area contributed by atoms with Crippen LogP contribution in [-0.4, -0.2) is 46.4 Å². The topological polar surface area (TPSA) is 129 Å². The number of carbonyl (C=O) groups is 3. The van der Waals surface area contributed by atoms with Gasteiger partial charge in [0, 0.05) is 74.1 Å². The lowest BCUT2D eigenvalue weighted by atomic mass is 9.85. The molecule has 5 heterocycles. The standard InChI is InChI=1S/C51H70N4O5/c1-12-28(4)17-15-18-29(5)19-16-20-30(6)23-24-60-44(56)22-21-37-33(9)40-25-38-31(7)35(13-2)42(52-38)26-39-32(8)36(14-3)43(53-39)27-41-34(10)45-49(55-41)46(48(37)54-40)47(50(45)57)51(58)59-11/h13,25-30,33,37,47,52-55H,2,12,14-24H2,1,3-11H3/b39-26-,40-25-,43-27-,48-46-/t28-,29-,30?,33+,37+,47-/m1/s1. The number of methoxy groups -OCH3 is 1. The molecule has 3 aromatic rings. The van der Waals surface area contributed by atoms with Gasteiger partial charge in [-0.1, -0.05) is 99.1 Å². The molecule has 1 aliphatic carbocycles. The number of fused-ring (bicyclic) bond motifs is 7. The fraction of sp³-hybridized carbons (Fsp3) is 0.549. The number of allylic oxidation sites excluding steroid dienone is 2. The van der Waals surface area contributed by atoms with Crippen LogP contribution in [0.2, 0.25) is 0 Å². The van der Waals surface area contributed by atoms with Crippen molar-refractivity contribution >= 4 is 47.6 Å². The van der Waals surface area contributed by atoms with E-state index in [9.17, 15) is 14.4 Å². The molecule has 6 atom stereocenters. The maximum Gasteiger partial charge on any atom is 0.321 e. The summed E-state index contributed by atoms with van der Waals surface area (Å²) in [5.41, 5.74) is 11.3. The number of esters is 2. The van der Waals surface area contributed by atoms with Gasteiger partial charge in [0.2, 0.25) is 0 Å². The Bertz CT molecular complexity index is 2300. The van der Waals surface area contributed by atoms with E-state index in [-0.39, 0.29) is 30.0 Å². The van der Waals surface area contributed by atoms with E-state index in [1.807, 2.05) is 13.0 Å². The number of ketones is 1. The predicted molar refractivity (Wildman–Crippen MR) is 243 cm³/mol. The highest BCUT2D eigenvalue weighted by Gasteiger charge is 2.48. The van der Waals surface area contributed by atoms with Crippen molar-refractivity contribution in [1.82, 2.24) is 20.3 Å². The highest BCUT2D eigenvalue weighted by atomic mass is 16.5. The van der Waals surface area contributed by atoms with E-state index in [4.69, 9.17) is 9.47 Å². The lowest BCUT2D eigenvalue weighted by molar-refractivity contribution is -0.144. The van der Waals surface area contributed by atoms with Gasteiger partial charge < -0.3 is 29.7 Å². The van der Waals surface area contributed by atoms with Crippen molar-refractivity contribution < 1.29 is 23.9 Å². The predicted octanol–water partition coefficient (Wildman–Crippen LogP) is 9.74. The Morgan fingerprint density at radius 2 is 1.48 bits per heavy atom. The van der Waals surface area contributed by atoms with Crippen LogP contribution in [0.3, 0.4) is 0 Å². The average molecular weight is 819 g/mol. The number of aromatic nitrogens is 3. The van der Waals surface area contributed by atoms with Crippen LogP contribution in [-0.2, 0) is 25.5 Å². The number of H-pyrrole nitrogens is 3. The molecule has 0 radical (unpaired) electrons. The fourth-order valence-corrected chi connectivity index (χ4v) is 9.84. The molecule has 0 amide bonds. The van der Waals surface area contributed by atoms with Crippen LogP contribution in [0.15, 0.2) is 18.0 Å². The molecule has 6 rings (SSSR count). The van der Waals surface area contributed by atoms with E-state index >= 15 is 0 Å². The quantitative estimate of drug-likeness (QED) is 0.0748. The van der Waals surface area contributed by atoms with E-state index < -0.39 is 11.9 Å². The lowest BCUT2D eigenvalue weighted by Gasteiger charge is -2.20. The highest BCUT2D eigenvalue weighted by molar-refractivity contribution is 6.24. The monoisotopic (exact) mass is 819 g/mol. The first-order valence-electron chi connectivity index (χ1n) is 22.7. The van der Waals surface area contributed by atoms with Crippen LogP contribution < -0.4 is 16.0 Å². The number of rotatable bonds is 18. The zero-order valence-electron chi connectivity index (χ0n) is 38.0.